The lowest BCUT2D eigenvalue weighted by atomic mass is 10.2. The topological polar surface area (TPSA) is 115 Å². The monoisotopic (exact) mass is 459 g/mol. The summed E-state index contributed by atoms with van der Waals surface area (Å²) in [5, 5.41) is 9.32. The minimum absolute atomic E-state index is 0.0388. The molecular formula is C23H33N5O5. The molecular weight excluding hydrogens is 426 g/mol. The predicted molar refractivity (Wildman–Crippen MR) is 124 cm³/mol. The molecule has 3 amide bonds. The van der Waals surface area contributed by atoms with Crippen LogP contribution in [0, 0.1) is 6.92 Å². The van der Waals surface area contributed by atoms with Crippen molar-refractivity contribution < 1.29 is 23.9 Å². The summed E-state index contributed by atoms with van der Waals surface area (Å²) in [6, 6.07) is 7.72. The van der Waals surface area contributed by atoms with Crippen LogP contribution in [-0.2, 0) is 20.9 Å². The van der Waals surface area contributed by atoms with Gasteiger partial charge in [0.15, 0.2) is 0 Å². The van der Waals surface area contributed by atoms with Crippen LogP contribution in [0.2, 0.25) is 0 Å². The van der Waals surface area contributed by atoms with Crippen molar-refractivity contribution in [2.24, 2.45) is 0 Å². The Balaban J connectivity index is 1.68. The van der Waals surface area contributed by atoms with E-state index >= 15 is 0 Å². The van der Waals surface area contributed by atoms with Crippen LogP contribution in [0.5, 0.6) is 5.75 Å². The van der Waals surface area contributed by atoms with E-state index in [1.807, 2.05) is 31.2 Å². The maximum Gasteiger partial charge on any atom is 0.407 e. The van der Waals surface area contributed by atoms with E-state index < -0.39 is 11.7 Å². The summed E-state index contributed by atoms with van der Waals surface area (Å²) in [6.45, 7) is 8.29. The Hall–Kier alpha value is -3.56. The number of aryl methyl sites for hydroxylation is 1. The molecule has 1 aromatic carbocycles. The molecule has 2 aromatic rings. The molecule has 0 radical (unpaired) electrons. The Morgan fingerprint density at radius 3 is 2.52 bits per heavy atom. The zero-order valence-corrected chi connectivity index (χ0v) is 19.9. The van der Waals surface area contributed by atoms with E-state index in [1.165, 1.54) is 10.9 Å². The predicted octanol–water partition coefficient (Wildman–Crippen LogP) is 2.58. The third-order valence-corrected chi connectivity index (χ3v) is 4.38. The van der Waals surface area contributed by atoms with Crippen molar-refractivity contribution in [3.05, 3.63) is 42.2 Å². The number of hydrogen-bond donors (Lipinski definition) is 2. The number of carbonyl (C=O) groups is 3. The van der Waals surface area contributed by atoms with Gasteiger partial charge in [0.2, 0.25) is 11.8 Å². The number of alkyl carbamates (subject to hydrolysis) is 1. The molecule has 0 spiro atoms. The van der Waals surface area contributed by atoms with Crippen molar-refractivity contribution in [1.29, 1.82) is 0 Å². The number of nitrogens with zero attached hydrogens (tertiary/aromatic N) is 3. The molecule has 0 bridgehead atoms. The number of anilines is 1. The van der Waals surface area contributed by atoms with E-state index in [0.29, 0.717) is 18.8 Å². The molecule has 1 heterocycles. The smallest absolute Gasteiger partial charge is 0.407 e. The average molecular weight is 460 g/mol. The summed E-state index contributed by atoms with van der Waals surface area (Å²) >= 11 is 0. The van der Waals surface area contributed by atoms with Gasteiger partial charge < -0.3 is 25.0 Å². The SMILES string of the molecule is Cc1ccc(OCCN(C)C(=O)Cn2cc(NC(=O)CCNC(=O)OC(C)(C)C)cn2)cc1. The first-order chi connectivity index (χ1) is 15.5. The van der Waals surface area contributed by atoms with E-state index in [-0.39, 0.29) is 31.3 Å². The Kier molecular flexibility index (Phi) is 9.26. The van der Waals surface area contributed by atoms with Gasteiger partial charge in [-0.15, -0.1) is 0 Å². The van der Waals surface area contributed by atoms with Crippen LogP contribution >= 0.6 is 0 Å². The zero-order chi connectivity index (χ0) is 24.4. The molecule has 2 N–H and O–H groups in total. The van der Waals surface area contributed by atoms with Gasteiger partial charge in [-0.3, -0.25) is 14.3 Å². The Bertz CT molecular complexity index is 933. The van der Waals surface area contributed by atoms with Crippen molar-refractivity contribution in [3.63, 3.8) is 0 Å². The van der Waals surface area contributed by atoms with E-state index in [0.717, 1.165) is 11.3 Å². The first-order valence-corrected chi connectivity index (χ1v) is 10.7. The maximum atomic E-state index is 12.4. The van der Waals surface area contributed by atoms with Crippen molar-refractivity contribution in [2.45, 2.75) is 46.3 Å². The van der Waals surface area contributed by atoms with Gasteiger partial charge in [-0.2, -0.15) is 5.10 Å². The van der Waals surface area contributed by atoms with Crippen LogP contribution in [0.4, 0.5) is 10.5 Å². The summed E-state index contributed by atoms with van der Waals surface area (Å²) in [7, 11) is 1.70. The fourth-order valence-electron chi connectivity index (χ4n) is 2.65. The number of carbonyl (C=O) groups excluding carboxylic acids is 3. The maximum absolute atomic E-state index is 12.4. The lowest BCUT2D eigenvalue weighted by Crippen LogP contribution is -2.34. The number of nitrogens with one attached hydrogen (secondary N) is 2. The first kappa shape index (κ1) is 25.7. The zero-order valence-electron chi connectivity index (χ0n) is 19.9. The number of hydrogen-bond acceptors (Lipinski definition) is 6. The largest absolute Gasteiger partial charge is 0.492 e. The van der Waals surface area contributed by atoms with Crippen LogP contribution in [-0.4, -0.2) is 64.9 Å². The van der Waals surface area contributed by atoms with Gasteiger partial charge >= 0.3 is 6.09 Å². The minimum atomic E-state index is -0.597. The number of benzene rings is 1. The number of ether oxygens (including phenoxy) is 2. The molecule has 33 heavy (non-hydrogen) atoms. The molecule has 180 valence electrons. The quantitative estimate of drug-likeness (QED) is 0.564. The van der Waals surface area contributed by atoms with Crippen molar-refractivity contribution in [3.8, 4) is 5.75 Å². The second-order valence-electron chi connectivity index (χ2n) is 8.63. The normalized spacial score (nSPS) is 10.9. The van der Waals surface area contributed by atoms with Gasteiger partial charge in [-0.25, -0.2) is 4.79 Å². The Morgan fingerprint density at radius 1 is 1.15 bits per heavy atom. The van der Waals surface area contributed by atoms with Gasteiger partial charge in [-0.1, -0.05) is 17.7 Å². The third kappa shape index (κ3) is 10.1. The van der Waals surface area contributed by atoms with Crippen molar-refractivity contribution in [2.75, 3.05) is 32.1 Å². The van der Waals surface area contributed by atoms with Crippen LogP contribution in [0.1, 0.15) is 32.8 Å². The molecule has 0 saturated heterocycles. The van der Waals surface area contributed by atoms with Crippen molar-refractivity contribution >= 4 is 23.6 Å². The Morgan fingerprint density at radius 2 is 1.85 bits per heavy atom. The molecule has 0 aliphatic rings. The molecule has 0 aliphatic heterocycles. The standard InChI is InChI=1S/C23H33N5O5/c1-17-6-8-19(9-7-17)32-13-12-27(5)21(30)16-28-15-18(14-25-28)26-20(29)10-11-24-22(31)33-23(2,3)4/h6-9,14-15H,10-13,16H2,1-5H3,(H,24,31)(H,26,29). The second-order valence-corrected chi connectivity index (χ2v) is 8.63. The van der Waals surface area contributed by atoms with Crippen LogP contribution in [0.3, 0.4) is 0 Å². The summed E-state index contributed by atoms with van der Waals surface area (Å²) < 4.78 is 12.2. The third-order valence-electron chi connectivity index (χ3n) is 4.38. The summed E-state index contributed by atoms with van der Waals surface area (Å²) in [6.07, 6.45) is 2.54. The van der Waals surface area contributed by atoms with Gasteiger partial charge in [-0.05, 0) is 39.8 Å². The van der Waals surface area contributed by atoms with E-state index in [9.17, 15) is 14.4 Å². The van der Waals surface area contributed by atoms with Gasteiger partial charge in [0.25, 0.3) is 0 Å². The summed E-state index contributed by atoms with van der Waals surface area (Å²) in [4.78, 5) is 37.6. The van der Waals surface area contributed by atoms with Gasteiger partial charge in [0, 0.05) is 26.2 Å². The first-order valence-electron chi connectivity index (χ1n) is 10.7. The number of amides is 3. The average Bonchev–Trinajstić information content (AvgIpc) is 3.14. The minimum Gasteiger partial charge on any atom is -0.492 e. The van der Waals surface area contributed by atoms with E-state index in [4.69, 9.17) is 9.47 Å². The lowest BCUT2D eigenvalue weighted by Gasteiger charge is -2.19. The van der Waals surface area contributed by atoms with Gasteiger partial charge in [0.05, 0.1) is 18.4 Å². The molecule has 2 rings (SSSR count). The van der Waals surface area contributed by atoms with Crippen LogP contribution in [0.15, 0.2) is 36.7 Å². The highest BCUT2D eigenvalue weighted by Gasteiger charge is 2.16. The molecule has 0 unspecified atom stereocenters. The highest BCUT2D eigenvalue weighted by atomic mass is 16.6. The number of aromatic nitrogens is 2. The molecule has 0 saturated carbocycles. The highest BCUT2D eigenvalue weighted by molar-refractivity contribution is 5.90. The number of likely N-dealkylation sites (N-methyl/N-ethyl adjacent to an activating group) is 1. The van der Waals surface area contributed by atoms with E-state index in [1.54, 1.807) is 38.9 Å². The highest BCUT2D eigenvalue weighted by Crippen LogP contribution is 2.11. The molecule has 1 aromatic heterocycles. The summed E-state index contributed by atoms with van der Waals surface area (Å²) in [5.41, 5.74) is 1.03. The number of rotatable bonds is 10. The fraction of sp³-hybridized carbons (Fsp3) is 0.478. The van der Waals surface area contributed by atoms with Crippen molar-refractivity contribution in [1.82, 2.24) is 20.0 Å². The molecule has 0 aliphatic carbocycles. The second kappa shape index (κ2) is 11.9. The summed E-state index contributed by atoms with van der Waals surface area (Å²) in [5.74, 6) is 0.336. The molecule has 0 fully saturated rings. The Labute approximate surface area is 194 Å². The van der Waals surface area contributed by atoms with Gasteiger partial charge in [0.1, 0.15) is 24.5 Å². The lowest BCUT2D eigenvalue weighted by molar-refractivity contribution is -0.131. The van der Waals surface area contributed by atoms with Crippen LogP contribution in [0.25, 0.3) is 0 Å². The molecule has 0 atom stereocenters. The van der Waals surface area contributed by atoms with E-state index in [2.05, 4.69) is 15.7 Å². The molecule has 10 nitrogen and oxygen atoms in total. The fourth-order valence-corrected chi connectivity index (χ4v) is 2.65. The van der Waals surface area contributed by atoms with Crippen LogP contribution < -0.4 is 15.4 Å². The molecule has 10 heteroatoms.